The molecule has 2 rings (SSSR count). The molecule has 0 spiro atoms. The minimum atomic E-state index is -0.507. The van der Waals surface area contributed by atoms with E-state index >= 15 is 0 Å². The molecule has 1 aromatic rings. The molecule has 0 aromatic heterocycles. The van der Waals surface area contributed by atoms with Crippen molar-refractivity contribution < 1.29 is 13.8 Å². The maximum Gasteiger partial charge on any atom is 0.335 e. The third kappa shape index (κ3) is 1.87. The summed E-state index contributed by atoms with van der Waals surface area (Å²) >= 11 is 5.13. The number of hydrogen-bond acceptors (Lipinski definition) is 3. The highest BCUT2D eigenvalue weighted by Crippen LogP contribution is 2.49. The summed E-state index contributed by atoms with van der Waals surface area (Å²) in [7, 11) is 0. The Hall–Kier alpha value is -1.22. The van der Waals surface area contributed by atoms with Crippen LogP contribution in [0.25, 0.3) is 0 Å². The highest BCUT2D eigenvalue weighted by atomic mass is 35.5. The third-order valence-electron chi connectivity index (χ3n) is 2.93. The predicted molar refractivity (Wildman–Crippen MR) is 60.5 cm³/mol. The van der Waals surface area contributed by atoms with Gasteiger partial charge in [0.2, 0.25) is 0 Å². The maximum atomic E-state index is 11.5. The summed E-state index contributed by atoms with van der Waals surface area (Å²) in [4.78, 5) is 11.5. The van der Waals surface area contributed by atoms with Crippen molar-refractivity contribution in [3.05, 3.63) is 29.8 Å². The summed E-state index contributed by atoms with van der Waals surface area (Å²) in [5.41, 5.74) is 0.438. The number of carbonyl (C=O) groups excluding carboxylic acids is 1. The molecule has 0 atom stereocenters. The van der Waals surface area contributed by atoms with Crippen molar-refractivity contribution in [1.29, 1.82) is 0 Å². The Labute approximate surface area is 99.5 Å². The van der Waals surface area contributed by atoms with Crippen LogP contribution in [0.5, 0.6) is 5.75 Å². The van der Waals surface area contributed by atoms with Crippen LogP contribution in [-0.2, 0) is 14.5 Å². The molecule has 1 aliphatic carbocycles. The number of carbonyl (C=O) groups is 1. The van der Waals surface area contributed by atoms with E-state index in [-0.39, 0.29) is 5.97 Å². The zero-order valence-electron chi connectivity index (χ0n) is 9.03. The van der Waals surface area contributed by atoms with Crippen LogP contribution >= 0.6 is 11.9 Å². The van der Waals surface area contributed by atoms with Crippen molar-refractivity contribution in [2.45, 2.75) is 25.2 Å². The molecule has 0 bridgehead atoms. The van der Waals surface area contributed by atoms with Crippen molar-refractivity contribution in [2.24, 2.45) is 0 Å². The first-order valence-electron chi connectivity index (χ1n) is 5.29. The zero-order chi connectivity index (χ0) is 11.6. The summed E-state index contributed by atoms with van der Waals surface area (Å²) < 4.78 is 9.65. The van der Waals surface area contributed by atoms with Gasteiger partial charge in [0.05, 0.1) is 12.0 Å². The second-order valence-electron chi connectivity index (χ2n) is 3.90. The second-order valence-corrected chi connectivity index (χ2v) is 4.06. The summed E-state index contributed by atoms with van der Waals surface area (Å²) in [6.07, 6.45) is 1.60. The van der Waals surface area contributed by atoms with Gasteiger partial charge >= 0.3 is 5.97 Å². The minimum absolute atomic E-state index is 0.363. The number of benzene rings is 1. The van der Waals surface area contributed by atoms with Gasteiger partial charge in [-0.05, 0) is 37.5 Å². The van der Waals surface area contributed by atoms with Crippen LogP contribution in [-0.4, -0.2) is 12.6 Å². The number of halogens is 1. The van der Waals surface area contributed by atoms with Crippen LogP contribution in [0, 0.1) is 0 Å². The first kappa shape index (κ1) is 11.3. The van der Waals surface area contributed by atoms with Gasteiger partial charge < -0.3 is 9.03 Å². The van der Waals surface area contributed by atoms with Crippen LogP contribution in [0.2, 0.25) is 0 Å². The molecule has 0 amide bonds. The van der Waals surface area contributed by atoms with E-state index in [2.05, 4.69) is 4.29 Å². The normalized spacial score (nSPS) is 16.6. The monoisotopic (exact) mass is 240 g/mol. The Morgan fingerprint density at radius 1 is 1.38 bits per heavy atom. The summed E-state index contributed by atoms with van der Waals surface area (Å²) in [5, 5.41) is 0. The Bertz CT molecular complexity index is 382. The maximum absolute atomic E-state index is 11.5. The van der Waals surface area contributed by atoms with E-state index in [9.17, 15) is 4.79 Å². The highest BCUT2D eigenvalue weighted by Gasteiger charge is 2.53. The van der Waals surface area contributed by atoms with Crippen molar-refractivity contribution in [1.82, 2.24) is 0 Å². The molecule has 0 unspecified atom stereocenters. The molecule has 1 aromatic carbocycles. The average Bonchev–Trinajstić information content (AvgIpc) is 3.11. The van der Waals surface area contributed by atoms with Gasteiger partial charge in [0.1, 0.15) is 17.6 Å². The summed E-state index contributed by atoms with van der Waals surface area (Å²) in [6, 6.07) is 7.51. The Balaban J connectivity index is 2.19. The van der Waals surface area contributed by atoms with Gasteiger partial charge in [-0.1, -0.05) is 12.1 Å². The number of hydrogen-bond donors (Lipinski definition) is 0. The van der Waals surface area contributed by atoms with E-state index < -0.39 is 5.41 Å². The fourth-order valence-corrected chi connectivity index (χ4v) is 1.99. The van der Waals surface area contributed by atoms with Crippen molar-refractivity contribution in [3.63, 3.8) is 0 Å². The topological polar surface area (TPSA) is 35.5 Å². The fourth-order valence-electron chi connectivity index (χ4n) is 1.85. The fraction of sp³-hybridized carbons (Fsp3) is 0.417. The molecule has 1 aliphatic rings. The van der Waals surface area contributed by atoms with Crippen molar-refractivity contribution >= 4 is 17.8 Å². The van der Waals surface area contributed by atoms with Gasteiger partial charge in [-0.15, -0.1) is 0 Å². The molecule has 0 aliphatic heterocycles. The van der Waals surface area contributed by atoms with E-state index in [1.165, 1.54) is 0 Å². The first-order chi connectivity index (χ1) is 7.73. The van der Waals surface area contributed by atoms with Crippen LogP contribution in [0.15, 0.2) is 24.3 Å². The molecular formula is C12H13ClO3. The smallest absolute Gasteiger partial charge is 0.335 e. The van der Waals surface area contributed by atoms with E-state index in [4.69, 9.17) is 16.6 Å². The van der Waals surface area contributed by atoms with Gasteiger partial charge in [0.15, 0.2) is 0 Å². The van der Waals surface area contributed by atoms with Gasteiger partial charge in [-0.2, -0.15) is 0 Å². The van der Waals surface area contributed by atoms with Gasteiger partial charge in [0.25, 0.3) is 0 Å². The standard InChI is InChI=1S/C12H13ClO3/c1-2-15-10-5-3-9(4-6-10)12(7-8-12)11(14)16-13/h3-6H,2,7-8H2,1H3. The van der Waals surface area contributed by atoms with E-state index in [0.717, 1.165) is 24.2 Å². The lowest BCUT2D eigenvalue weighted by molar-refractivity contribution is -0.136. The van der Waals surface area contributed by atoms with Gasteiger partial charge in [-0.3, -0.25) is 0 Å². The average molecular weight is 241 g/mol. The lowest BCUT2D eigenvalue weighted by Crippen LogP contribution is -2.20. The summed E-state index contributed by atoms with van der Waals surface area (Å²) in [6.45, 7) is 2.56. The lowest BCUT2D eigenvalue weighted by atomic mass is 9.96. The minimum Gasteiger partial charge on any atom is -0.494 e. The molecule has 0 heterocycles. The third-order valence-corrected chi connectivity index (χ3v) is 3.07. The molecule has 16 heavy (non-hydrogen) atoms. The van der Waals surface area contributed by atoms with Gasteiger partial charge in [0, 0.05) is 0 Å². The SMILES string of the molecule is CCOc1ccc(C2(C(=O)OCl)CC2)cc1. The van der Waals surface area contributed by atoms with Gasteiger partial charge in [-0.25, -0.2) is 4.79 Å². The summed E-state index contributed by atoms with van der Waals surface area (Å²) in [5.74, 6) is 0.444. The molecule has 0 saturated heterocycles. The largest absolute Gasteiger partial charge is 0.494 e. The van der Waals surface area contributed by atoms with Crippen LogP contribution in [0.4, 0.5) is 0 Å². The zero-order valence-corrected chi connectivity index (χ0v) is 9.79. The molecule has 4 heteroatoms. The Kier molecular flexibility index (Phi) is 3.06. The van der Waals surface area contributed by atoms with Crippen molar-refractivity contribution in [3.8, 4) is 5.75 Å². The van der Waals surface area contributed by atoms with Crippen molar-refractivity contribution in [2.75, 3.05) is 6.61 Å². The van der Waals surface area contributed by atoms with E-state index in [1.807, 2.05) is 31.2 Å². The van der Waals surface area contributed by atoms with Crippen LogP contribution < -0.4 is 4.74 Å². The van der Waals surface area contributed by atoms with Crippen LogP contribution in [0.3, 0.4) is 0 Å². The quantitative estimate of drug-likeness (QED) is 0.812. The molecule has 1 saturated carbocycles. The Morgan fingerprint density at radius 3 is 2.44 bits per heavy atom. The lowest BCUT2D eigenvalue weighted by Gasteiger charge is -2.12. The molecule has 0 radical (unpaired) electrons. The molecule has 1 fully saturated rings. The molecular weight excluding hydrogens is 228 g/mol. The molecule has 3 nitrogen and oxygen atoms in total. The van der Waals surface area contributed by atoms with Crippen LogP contribution in [0.1, 0.15) is 25.3 Å². The molecule has 0 N–H and O–H groups in total. The predicted octanol–water partition coefficient (Wildman–Crippen LogP) is 2.81. The number of rotatable bonds is 4. The second kappa shape index (κ2) is 4.34. The van der Waals surface area contributed by atoms with E-state index in [0.29, 0.717) is 6.61 Å². The number of ether oxygens (including phenoxy) is 1. The highest BCUT2D eigenvalue weighted by molar-refractivity contribution is 6.14. The molecule has 86 valence electrons. The Morgan fingerprint density at radius 2 is 2.00 bits per heavy atom. The first-order valence-corrected chi connectivity index (χ1v) is 5.60. The van der Waals surface area contributed by atoms with E-state index in [1.54, 1.807) is 0 Å².